The molecule has 2 aromatic heterocycles. The summed E-state index contributed by atoms with van der Waals surface area (Å²) in [7, 11) is 0. The second-order valence-electron chi connectivity index (χ2n) is 8.37. The number of allylic oxidation sites excluding steroid dienone is 1. The molecule has 1 atom stereocenters. The Morgan fingerprint density at radius 1 is 1.09 bits per heavy atom. The standard InChI is InChI=1S/C25H25N7O2/c1-2-3-8-22-26-29-25-18(15-23(33)34)13-14-21(32(22)25)17-11-9-16(10-12-17)19-6-4-5-7-20(19)24-27-30-31-28-24/h4-7,9-13,21H,2-3,8,14-15H2,1H3,(H,33,34)(H,27,28,30,31). The van der Waals surface area contributed by atoms with E-state index in [0.717, 1.165) is 52.9 Å². The number of aliphatic carboxylic acids is 1. The van der Waals surface area contributed by atoms with Gasteiger partial charge in [-0.2, -0.15) is 5.21 Å². The molecule has 1 aliphatic rings. The van der Waals surface area contributed by atoms with Gasteiger partial charge in [0.15, 0.2) is 5.82 Å². The van der Waals surface area contributed by atoms with Gasteiger partial charge in [0.2, 0.25) is 5.82 Å². The van der Waals surface area contributed by atoms with E-state index in [-0.39, 0.29) is 12.5 Å². The number of fused-ring (bicyclic) bond motifs is 1. The first-order valence-corrected chi connectivity index (χ1v) is 11.4. The van der Waals surface area contributed by atoms with Gasteiger partial charge in [0, 0.05) is 17.6 Å². The highest BCUT2D eigenvalue weighted by atomic mass is 16.4. The Balaban J connectivity index is 1.50. The molecule has 0 saturated carbocycles. The number of benzene rings is 2. The van der Waals surface area contributed by atoms with Crippen molar-refractivity contribution in [3.63, 3.8) is 0 Å². The Kier molecular flexibility index (Phi) is 5.99. The minimum atomic E-state index is -0.862. The summed E-state index contributed by atoms with van der Waals surface area (Å²) >= 11 is 0. The van der Waals surface area contributed by atoms with E-state index in [4.69, 9.17) is 0 Å². The van der Waals surface area contributed by atoms with Crippen molar-refractivity contribution in [1.82, 2.24) is 35.4 Å². The van der Waals surface area contributed by atoms with Crippen LogP contribution in [0.3, 0.4) is 0 Å². The number of aromatic nitrogens is 7. The number of carboxylic acid groups (broad SMARTS) is 1. The molecule has 4 aromatic rings. The quantitative estimate of drug-likeness (QED) is 0.406. The lowest BCUT2D eigenvalue weighted by atomic mass is 9.93. The number of tetrazole rings is 1. The average molecular weight is 456 g/mol. The number of carbonyl (C=O) groups is 1. The molecule has 0 bridgehead atoms. The van der Waals surface area contributed by atoms with E-state index in [1.54, 1.807) is 0 Å². The van der Waals surface area contributed by atoms with Crippen molar-refractivity contribution in [2.45, 2.75) is 45.1 Å². The van der Waals surface area contributed by atoms with Gasteiger partial charge in [-0.3, -0.25) is 4.79 Å². The second-order valence-corrected chi connectivity index (χ2v) is 8.37. The first-order valence-electron chi connectivity index (χ1n) is 11.4. The molecule has 5 rings (SSSR count). The SMILES string of the molecule is CCCCc1nnc2n1C(c1ccc(-c3ccccc3-c3nn[nH]n3)cc1)CC=C2CC(=O)O. The molecule has 0 radical (unpaired) electrons. The van der Waals surface area contributed by atoms with Crippen LogP contribution in [0, 0.1) is 0 Å². The number of unbranched alkanes of at least 4 members (excludes halogenated alkanes) is 1. The molecule has 2 aromatic carbocycles. The van der Waals surface area contributed by atoms with Crippen molar-refractivity contribution in [3.8, 4) is 22.5 Å². The Bertz CT molecular complexity index is 1320. The lowest BCUT2D eigenvalue weighted by molar-refractivity contribution is -0.135. The highest BCUT2D eigenvalue weighted by molar-refractivity contribution is 5.83. The van der Waals surface area contributed by atoms with Gasteiger partial charge in [-0.25, -0.2) is 0 Å². The third-order valence-corrected chi connectivity index (χ3v) is 6.17. The number of aryl methyl sites for hydroxylation is 1. The Labute approximate surface area is 196 Å². The zero-order chi connectivity index (χ0) is 23.5. The zero-order valence-corrected chi connectivity index (χ0v) is 18.8. The Morgan fingerprint density at radius 2 is 1.88 bits per heavy atom. The molecule has 0 amide bonds. The minimum Gasteiger partial charge on any atom is -0.481 e. The van der Waals surface area contributed by atoms with Gasteiger partial charge < -0.3 is 9.67 Å². The molecule has 34 heavy (non-hydrogen) atoms. The minimum absolute atomic E-state index is 0.0240. The topological polar surface area (TPSA) is 122 Å². The summed E-state index contributed by atoms with van der Waals surface area (Å²) < 4.78 is 2.14. The number of H-pyrrole nitrogens is 1. The number of rotatable bonds is 8. The van der Waals surface area contributed by atoms with Crippen LogP contribution >= 0.6 is 0 Å². The molecular formula is C25H25N7O2. The van der Waals surface area contributed by atoms with E-state index in [2.05, 4.69) is 66.6 Å². The zero-order valence-electron chi connectivity index (χ0n) is 18.8. The van der Waals surface area contributed by atoms with E-state index in [9.17, 15) is 9.90 Å². The maximum Gasteiger partial charge on any atom is 0.307 e. The van der Waals surface area contributed by atoms with Gasteiger partial charge in [-0.15, -0.1) is 20.4 Å². The Hall–Kier alpha value is -4.14. The first kappa shape index (κ1) is 21.7. The number of nitrogens with zero attached hydrogens (tertiary/aromatic N) is 6. The fourth-order valence-corrected chi connectivity index (χ4v) is 4.52. The number of nitrogens with one attached hydrogen (secondary N) is 1. The molecule has 0 spiro atoms. The van der Waals surface area contributed by atoms with Crippen LogP contribution in [-0.4, -0.2) is 46.5 Å². The van der Waals surface area contributed by atoms with Crippen LogP contribution in [-0.2, 0) is 11.2 Å². The summed E-state index contributed by atoms with van der Waals surface area (Å²) in [6.45, 7) is 2.14. The highest BCUT2D eigenvalue weighted by Crippen LogP contribution is 2.36. The van der Waals surface area contributed by atoms with Gasteiger partial charge in [0.25, 0.3) is 0 Å². The molecule has 0 saturated heterocycles. The number of hydrogen-bond donors (Lipinski definition) is 2. The molecule has 2 N–H and O–H groups in total. The van der Waals surface area contributed by atoms with E-state index < -0.39 is 5.97 Å². The van der Waals surface area contributed by atoms with E-state index in [0.29, 0.717) is 18.1 Å². The summed E-state index contributed by atoms with van der Waals surface area (Å²) in [4.78, 5) is 11.4. The number of aromatic amines is 1. The molecule has 172 valence electrons. The predicted molar refractivity (Wildman–Crippen MR) is 127 cm³/mol. The monoisotopic (exact) mass is 455 g/mol. The smallest absolute Gasteiger partial charge is 0.307 e. The van der Waals surface area contributed by atoms with Crippen LogP contribution in [0.15, 0.2) is 54.6 Å². The van der Waals surface area contributed by atoms with Crippen LogP contribution in [0.2, 0.25) is 0 Å². The van der Waals surface area contributed by atoms with Gasteiger partial charge in [-0.1, -0.05) is 68.0 Å². The molecule has 9 heteroatoms. The van der Waals surface area contributed by atoms with Gasteiger partial charge >= 0.3 is 5.97 Å². The molecular weight excluding hydrogens is 430 g/mol. The number of carboxylic acids is 1. The van der Waals surface area contributed by atoms with E-state index >= 15 is 0 Å². The molecule has 0 aliphatic carbocycles. The second kappa shape index (κ2) is 9.38. The van der Waals surface area contributed by atoms with Crippen LogP contribution in [0.4, 0.5) is 0 Å². The van der Waals surface area contributed by atoms with Crippen LogP contribution in [0.1, 0.15) is 55.9 Å². The fraction of sp³-hybridized carbons (Fsp3) is 0.280. The van der Waals surface area contributed by atoms with Gasteiger partial charge in [0.05, 0.1) is 12.5 Å². The van der Waals surface area contributed by atoms with Crippen molar-refractivity contribution in [2.75, 3.05) is 0 Å². The molecule has 1 aliphatic heterocycles. The number of hydrogen-bond acceptors (Lipinski definition) is 6. The largest absolute Gasteiger partial charge is 0.481 e. The van der Waals surface area contributed by atoms with Crippen molar-refractivity contribution in [3.05, 3.63) is 71.8 Å². The first-order chi connectivity index (χ1) is 16.7. The molecule has 1 unspecified atom stereocenters. The Morgan fingerprint density at radius 3 is 2.59 bits per heavy atom. The lowest BCUT2D eigenvalue weighted by Crippen LogP contribution is -2.20. The normalized spacial score (nSPS) is 15.1. The fourth-order valence-electron chi connectivity index (χ4n) is 4.52. The summed E-state index contributed by atoms with van der Waals surface area (Å²) in [5, 5.41) is 32.6. The van der Waals surface area contributed by atoms with Crippen molar-refractivity contribution >= 4 is 11.5 Å². The average Bonchev–Trinajstić information content (AvgIpc) is 3.54. The maximum absolute atomic E-state index is 11.4. The van der Waals surface area contributed by atoms with Crippen LogP contribution < -0.4 is 0 Å². The predicted octanol–water partition coefficient (Wildman–Crippen LogP) is 4.32. The van der Waals surface area contributed by atoms with Gasteiger partial charge in [-0.05, 0) is 34.7 Å². The van der Waals surface area contributed by atoms with Crippen molar-refractivity contribution < 1.29 is 9.90 Å². The summed E-state index contributed by atoms with van der Waals surface area (Å²) in [6.07, 6.45) is 5.52. The summed E-state index contributed by atoms with van der Waals surface area (Å²) in [6, 6.07) is 16.4. The third kappa shape index (κ3) is 4.12. The third-order valence-electron chi connectivity index (χ3n) is 6.17. The van der Waals surface area contributed by atoms with E-state index in [1.807, 2.05) is 30.3 Å². The van der Waals surface area contributed by atoms with Crippen molar-refractivity contribution in [2.24, 2.45) is 0 Å². The highest BCUT2D eigenvalue weighted by Gasteiger charge is 2.28. The van der Waals surface area contributed by atoms with Crippen molar-refractivity contribution in [1.29, 1.82) is 0 Å². The van der Waals surface area contributed by atoms with Gasteiger partial charge in [0.1, 0.15) is 5.82 Å². The maximum atomic E-state index is 11.4. The molecule has 3 heterocycles. The van der Waals surface area contributed by atoms with Crippen LogP contribution in [0.5, 0.6) is 0 Å². The van der Waals surface area contributed by atoms with E-state index in [1.165, 1.54) is 0 Å². The summed E-state index contributed by atoms with van der Waals surface area (Å²) in [5.41, 5.74) is 4.84. The molecule has 0 fully saturated rings. The van der Waals surface area contributed by atoms with Crippen LogP contribution in [0.25, 0.3) is 28.1 Å². The summed E-state index contributed by atoms with van der Waals surface area (Å²) in [5.74, 6) is 1.26. The lowest BCUT2D eigenvalue weighted by Gasteiger charge is -2.26. The molecule has 9 nitrogen and oxygen atoms in total.